The lowest BCUT2D eigenvalue weighted by Crippen LogP contribution is -2.43. The molecule has 1 N–H and O–H groups in total. The Hall–Kier alpha value is -1.30. The molecule has 0 aliphatic carbocycles. The first-order valence-corrected chi connectivity index (χ1v) is 6.53. The maximum atomic E-state index is 11.5. The molecule has 0 unspecified atom stereocenters. The Morgan fingerprint density at radius 3 is 2.94 bits per heavy atom. The van der Waals surface area contributed by atoms with Crippen molar-refractivity contribution in [2.24, 2.45) is 5.92 Å². The van der Waals surface area contributed by atoms with E-state index in [4.69, 9.17) is 4.74 Å². The van der Waals surface area contributed by atoms with Gasteiger partial charge in [0.25, 0.3) is 0 Å². The summed E-state index contributed by atoms with van der Waals surface area (Å²) < 4.78 is 4.79. The predicted molar refractivity (Wildman–Crippen MR) is 66.2 cm³/mol. The molecule has 2 fully saturated rings. The molecule has 2 aliphatic rings. The second kappa shape index (κ2) is 6.04. The average molecular weight is 255 g/mol. The number of carbonyl (C=O) groups excluding carboxylic acids is 2. The van der Waals surface area contributed by atoms with E-state index in [1.165, 1.54) is 7.11 Å². The minimum absolute atomic E-state index is 0.00356. The van der Waals surface area contributed by atoms with Crippen molar-refractivity contribution in [1.82, 2.24) is 15.1 Å². The van der Waals surface area contributed by atoms with Crippen molar-refractivity contribution in [2.45, 2.75) is 12.8 Å². The van der Waals surface area contributed by atoms with Gasteiger partial charge in [0.15, 0.2) is 0 Å². The van der Waals surface area contributed by atoms with Crippen molar-refractivity contribution < 1.29 is 14.3 Å². The SMILES string of the molecule is COC(=O)[C@H]1CCCN(CCN2CCNC2=O)C1. The number of likely N-dealkylation sites (tertiary alicyclic amines) is 1. The van der Waals surface area contributed by atoms with E-state index >= 15 is 0 Å². The van der Waals surface area contributed by atoms with Gasteiger partial charge in [-0.25, -0.2) is 4.79 Å². The molecule has 6 heteroatoms. The Labute approximate surface area is 107 Å². The number of piperidine rings is 1. The number of nitrogens with zero attached hydrogens (tertiary/aromatic N) is 2. The Morgan fingerprint density at radius 2 is 2.28 bits per heavy atom. The Balaban J connectivity index is 1.75. The van der Waals surface area contributed by atoms with Gasteiger partial charge in [0.2, 0.25) is 0 Å². The summed E-state index contributed by atoms with van der Waals surface area (Å²) in [6.07, 6.45) is 1.93. The summed E-state index contributed by atoms with van der Waals surface area (Å²) in [5.74, 6) is -0.116. The summed E-state index contributed by atoms with van der Waals surface area (Å²) in [5, 5.41) is 2.79. The number of carbonyl (C=O) groups is 2. The zero-order valence-electron chi connectivity index (χ0n) is 10.9. The smallest absolute Gasteiger partial charge is 0.317 e. The van der Waals surface area contributed by atoms with Crippen LogP contribution in [0.2, 0.25) is 0 Å². The zero-order chi connectivity index (χ0) is 13.0. The molecule has 0 aromatic heterocycles. The molecule has 0 saturated carbocycles. The highest BCUT2D eigenvalue weighted by molar-refractivity contribution is 5.76. The molecule has 0 radical (unpaired) electrons. The first-order chi connectivity index (χ1) is 8.70. The molecule has 2 saturated heterocycles. The number of rotatable bonds is 4. The normalized spacial score (nSPS) is 25.1. The van der Waals surface area contributed by atoms with Crippen molar-refractivity contribution in [3.8, 4) is 0 Å². The lowest BCUT2D eigenvalue weighted by Gasteiger charge is -2.32. The first-order valence-electron chi connectivity index (χ1n) is 6.53. The van der Waals surface area contributed by atoms with Crippen LogP contribution in [0.25, 0.3) is 0 Å². The van der Waals surface area contributed by atoms with E-state index < -0.39 is 0 Å². The Morgan fingerprint density at radius 1 is 1.44 bits per heavy atom. The van der Waals surface area contributed by atoms with Gasteiger partial charge in [0, 0.05) is 32.7 Å². The largest absolute Gasteiger partial charge is 0.469 e. The molecule has 2 heterocycles. The summed E-state index contributed by atoms with van der Waals surface area (Å²) >= 11 is 0. The summed E-state index contributed by atoms with van der Waals surface area (Å²) in [4.78, 5) is 27.0. The quantitative estimate of drug-likeness (QED) is 0.712. The number of ether oxygens (including phenoxy) is 1. The van der Waals surface area contributed by atoms with Gasteiger partial charge in [-0.3, -0.25) is 4.79 Å². The van der Waals surface area contributed by atoms with Crippen molar-refractivity contribution in [3.63, 3.8) is 0 Å². The highest BCUT2D eigenvalue weighted by Gasteiger charge is 2.27. The predicted octanol–water partition coefficient (Wildman–Crippen LogP) is -0.103. The number of hydrogen-bond acceptors (Lipinski definition) is 4. The monoisotopic (exact) mass is 255 g/mol. The fourth-order valence-corrected chi connectivity index (χ4v) is 2.60. The van der Waals surface area contributed by atoms with E-state index in [2.05, 4.69) is 10.2 Å². The van der Waals surface area contributed by atoms with Crippen molar-refractivity contribution in [2.75, 3.05) is 46.4 Å². The van der Waals surface area contributed by atoms with Crippen LogP contribution in [0.1, 0.15) is 12.8 Å². The van der Waals surface area contributed by atoms with E-state index in [1.807, 2.05) is 4.90 Å². The van der Waals surface area contributed by atoms with Gasteiger partial charge < -0.3 is 19.9 Å². The Bertz CT molecular complexity index is 322. The number of esters is 1. The van der Waals surface area contributed by atoms with Crippen LogP contribution in [0.15, 0.2) is 0 Å². The molecular formula is C12H21N3O3. The molecule has 18 heavy (non-hydrogen) atoms. The van der Waals surface area contributed by atoms with Crippen LogP contribution in [0, 0.1) is 5.92 Å². The summed E-state index contributed by atoms with van der Waals surface area (Å²) in [5.41, 5.74) is 0. The number of methoxy groups -OCH3 is 1. The van der Waals surface area contributed by atoms with E-state index in [9.17, 15) is 9.59 Å². The number of hydrogen-bond donors (Lipinski definition) is 1. The van der Waals surface area contributed by atoms with Crippen LogP contribution >= 0.6 is 0 Å². The number of amides is 2. The highest BCUT2D eigenvalue weighted by atomic mass is 16.5. The summed E-state index contributed by atoms with van der Waals surface area (Å²) in [6, 6.07) is 0.0246. The Kier molecular flexibility index (Phi) is 4.41. The molecule has 0 bridgehead atoms. The maximum absolute atomic E-state index is 11.5. The average Bonchev–Trinajstić information content (AvgIpc) is 2.81. The van der Waals surface area contributed by atoms with Gasteiger partial charge in [-0.05, 0) is 19.4 Å². The molecular weight excluding hydrogens is 234 g/mol. The summed E-state index contributed by atoms with van der Waals surface area (Å²) in [7, 11) is 1.44. The summed E-state index contributed by atoms with van der Waals surface area (Å²) in [6.45, 7) is 4.85. The van der Waals surface area contributed by atoms with E-state index in [0.717, 1.165) is 52.1 Å². The first kappa shape index (κ1) is 13.1. The fourth-order valence-electron chi connectivity index (χ4n) is 2.60. The van der Waals surface area contributed by atoms with Gasteiger partial charge in [0.05, 0.1) is 13.0 Å². The fraction of sp³-hybridized carbons (Fsp3) is 0.833. The van der Waals surface area contributed by atoms with Crippen molar-refractivity contribution in [1.29, 1.82) is 0 Å². The minimum atomic E-state index is -0.112. The molecule has 2 rings (SSSR count). The van der Waals surface area contributed by atoms with Gasteiger partial charge >= 0.3 is 12.0 Å². The van der Waals surface area contributed by atoms with Gasteiger partial charge in [0.1, 0.15) is 0 Å². The molecule has 2 amide bonds. The topological polar surface area (TPSA) is 61.9 Å². The van der Waals surface area contributed by atoms with E-state index in [0.29, 0.717) is 0 Å². The lowest BCUT2D eigenvalue weighted by atomic mass is 9.98. The van der Waals surface area contributed by atoms with Crippen molar-refractivity contribution in [3.05, 3.63) is 0 Å². The number of nitrogens with one attached hydrogen (secondary N) is 1. The molecule has 2 aliphatic heterocycles. The third-order valence-corrected chi connectivity index (χ3v) is 3.67. The maximum Gasteiger partial charge on any atom is 0.317 e. The number of urea groups is 1. The van der Waals surface area contributed by atoms with Crippen molar-refractivity contribution >= 4 is 12.0 Å². The van der Waals surface area contributed by atoms with Gasteiger partial charge in [-0.1, -0.05) is 0 Å². The molecule has 0 spiro atoms. The van der Waals surface area contributed by atoms with E-state index in [1.54, 1.807) is 0 Å². The molecule has 0 aromatic carbocycles. The van der Waals surface area contributed by atoms with Gasteiger partial charge in [-0.15, -0.1) is 0 Å². The van der Waals surface area contributed by atoms with Crippen LogP contribution in [0.5, 0.6) is 0 Å². The molecule has 6 nitrogen and oxygen atoms in total. The zero-order valence-corrected chi connectivity index (χ0v) is 10.9. The third kappa shape index (κ3) is 3.13. The second-order valence-corrected chi connectivity index (χ2v) is 4.88. The molecule has 0 aromatic rings. The van der Waals surface area contributed by atoms with Crippen LogP contribution in [-0.4, -0.2) is 68.2 Å². The van der Waals surface area contributed by atoms with Crippen LogP contribution in [0.3, 0.4) is 0 Å². The van der Waals surface area contributed by atoms with Gasteiger partial charge in [-0.2, -0.15) is 0 Å². The van der Waals surface area contributed by atoms with E-state index in [-0.39, 0.29) is 17.9 Å². The minimum Gasteiger partial charge on any atom is -0.469 e. The second-order valence-electron chi connectivity index (χ2n) is 4.88. The third-order valence-electron chi connectivity index (χ3n) is 3.67. The highest BCUT2D eigenvalue weighted by Crippen LogP contribution is 2.17. The lowest BCUT2D eigenvalue weighted by molar-refractivity contribution is -0.147. The van der Waals surface area contributed by atoms with Crippen LogP contribution in [0.4, 0.5) is 4.79 Å². The standard InChI is InChI=1S/C12H21N3O3/c1-18-11(16)10-3-2-5-14(9-10)7-8-15-6-4-13-12(15)17/h10H,2-9H2,1H3,(H,13,17)/t10-/m0/s1. The molecule has 1 atom stereocenters. The van der Waals surface area contributed by atoms with Crippen LogP contribution in [-0.2, 0) is 9.53 Å². The van der Waals surface area contributed by atoms with Crippen LogP contribution < -0.4 is 5.32 Å². The molecule has 102 valence electrons.